The number of rotatable bonds is 5. The van der Waals surface area contributed by atoms with Crippen LogP contribution >= 0.6 is 0 Å². The molecule has 0 radical (unpaired) electrons. The lowest BCUT2D eigenvalue weighted by atomic mass is 10.0. The first-order valence-corrected chi connectivity index (χ1v) is 6.96. The van der Waals surface area contributed by atoms with Crippen molar-refractivity contribution in [1.29, 1.82) is 0 Å². The first-order valence-electron chi connectivity index (χ1n) is 5.07. The fourth-order valence-corrected chi connectivity index (χ4v) is 2.02. The van der Waals surface area contributed by atoms with Crippen molar-refractivity contribution in [3.05, 3.63) is 5.82 Å². The number of aryl methyl sites for hydroxylation is 1. The number of hydrazine groups is 1. The van der Waals surface area contributed by atoms with Crippen LogP contribution in [0.5, 0.6) is 0 Å². The third kappa shape index (κ3) is 2.99. The van der Waals surface area contributed by atoms with E-state index < -0.39 is 20.6 Å². The summed E-state index contributed by atoms with van der Waals surface area (Å²) in [4.78, 5) is 1.32. The molecular weight excluding hydrogens is 244 g/mol. The van der Waals surface area contributed by atoms with Crippen molar-refractivity contribution in [3.8, 4) is 0 Å². The van der Waals surface area contributed by atoms with E-state index in [1.54, 1.807) is 20.9 Å². The van der Waals surface area contributed by atoms with Crippen molar-refractivity contribution in [3.63, 3.8) is 0 Å². The van der Waals surface area contributed by atoms with E-state index in [2.05, 4.69) is 20.8 Å². The fraction of sp³-hybridized carbons (Fsp3) is 0.875. The molecule has 0 aliphatic rings. The molecule has 0 spiro atoms. The monoisotopic (exact) mass is 262 g/mol. The van der Waals surface area contributed by atoms with Crippen LogP contribution in [0.2, 0.25) is 0 Å². The minimum atomic E-state index is -3.25. The van der Waals surface area contributed by atoms with Gasteiger partial charge >= 0.3 is 0 Å². The number of hydrogen-bond acceptors (Lipinski definition) is 7. The Morgan fingerprint density at radius 1 is 1.53 bits per heavy atom. The lowest BCUT2D eigenvalue weighted by Crippen LogP contribution is -2.55. The highest BCUT2D eigenvalue weighted by atomic mass is 32.2. The van der Waals surface area contributed by atoms with Crippen molar-refractivity contribution in [2.75, 3.05) is 6.26 Å². The van der Waals surface area contributed by atoms with E-state index in [1.807, 2.05) is 0 Å². The molecule has 0 aliphatic heterocycles. The summed E-state index contributed by atoms with van der Waals surface area (Å²) in [5.41, 5.74) is 2.51. The van der Waals surface area contributed by atoms with Crippen molar-refractivity contribution in [2.24, 2.45) is 12.9 Å². The van der Waals surface area contributed by atoms with E-state index in [1.165, 1.54) is 11.1 Å². The fourth-order valence-electron chi connectivity index (χ4n) is 1.35. The zero-order chi connectivity index (χ0) is 13.3. The molecule has 1 heterocycles. The van der Waals surface area contributed by atoms with E-state index in [-0.39, 0.29) is 0 Å². The van der Waals surface area contributed by atoms with Gasteiger partial charge in [0.15, 0.2) is 15.7 Å². The SMILES string of the molecule is Cn1nnc(CC(NN)C(C)(C)S(C)(=O)=O)n1. The molecule has 1 atom stereocenters. The number of nitrogens with zero attached hydrogens (tertiary/aromatic N) is 4. The average Bonchev–Trinajstić information content (AvgIpc) is 2.58. The summed E-state index contributed by atoms with van der Waals surface area (Å²) in [5.74, 6) is 5.86. The molecule has 0 aromatic carbocycles. The second-order valence-corrected chi connectivity index (χ2v) is 7.09. The smallest absolute Gasteiger partial charge is 0.176 e. The number of tetrazole rings is 1. The zero-order valence-electron chi connectivity index (χ0n) is 10.4. The molecule has 0 saturated heterocycles. The van der Waals surface area contributed by atoms with Crippen LogP contribution in [0, 0.1) is 0 Å². The summed E-state index contributed by atoms with van der Waals surface area (Å²) >= 11 is 0. The van der Waals surface area contributed by atoms with E-state index >= 15 is 0 Å². The highest BCUT2D eigenvalue weighted by Crippen LogP contribution is 2.21. The standard InChI is InChI=1S/C8H18N6O2S/c1-8(2,17(4,15)16)6(10-9)5-7-11-13-14(3)12-7/h6,10H,5,9H2,1-4H3. The largest absolute Gasteiger partial charge is 0.271 e. The maximum absolute atomic E-state index is 11.7. The highest BCUT2D eigenvalue weighted by molar-refractivity contribution is 7.92. The van der Waals surface area contributed by atoms with Crippen molar-refractivity contribution in [2.45, 2.75) is 31.1 Å². The molecule has 0 amide bonds. The van der Waals surface area contributed by atoms with Gasteiger partial charge in [0.2, 0.25) is 0 Å². The predicted molar refractivity (Wildman–Crippen MR) is 62.5 cm³/mol. The van der Waals surface area contributed by atoms with Gasteiger partial charge in [-0.3, -0.25) is 11.3 Å². The number of nitrogens with one attached hydrogen (secondary N) is 1. The maximum Gasteiger partial charge on any atom is 0.176 e. The number of sulfone groups is 1. The third-order valence-corrected chi connectivity index (χ3v) is 5.13. The molecular formula is C8H18N6O2S. The van der Waals surface area contributed by atoms with E-state index in [9.17, 15) is 8.42 Å². The van der Waals surface area contributed by atoms with Crippen molar-refractivity contribution in [1.82, 2.24) is 25.6 Å². The van der Waals surface area contributed by atoms with Gasteiger partial charge in [-0.15, -0.1) is 10.2 Å². The minimum Gasteiger partial charge on any atom is -0.271 e. The van der Waals surface area contributed by atoms with Crippen LogP contribution in [0.1, 0.15) is 19.7 Å². The number of nitrogens with two attached hydrogens (primary N) is 1. The molecule has 17 heavy (non-hydrogen) atoms. The lowest BCUT2D eigenvalue weighted by molar-refractivity contribution is 0.406. The molecule has 0 bridgehead atoms. The lowest BCUT2D eigenvalue weighted by Gasteiger charge is -2.31. The van der Waals surface area contributed by atoms with Crippen molar-refractivity contribution >= 4 is 9.84 Å². The molecule has 98 valence electrons. The van der Waals surface area contributed by atoms with Crippen molar-refractivity contribution < 1.29 is 8.42 Å². The summed E-state index contributed by atoms with van der Waals surface area (Å²) < 4.78 is 22.4. The Hall–Kier alpha value is -1.06. The first kappa shape index (κ1) is 14.0. The Labute approximate surface area is 100 Å². The Kier molecular flexibility index (Phi) is 3.84. The zero-order valence-corrected chi connectivity index (χ0v) is 11.2. The molecule has 9 heteroatoms. The van der Waals surface area contributed by atoms with Crippen LogP contribution in [0.3, 0.4) is 0 Å². The van der Waals surface area contributed by atoms with Gasteiger partial charge in [0.05, 0.1) is 11.8 Å². The maximum atomic E-state index is 11.7. The van der Waals surface area contributed by atoms with Crippen LogP contribution in [-0.2, 0) is 23.3 Å². The molecule has 1 aromatic heterocycles. The van der Waals surface area contributed by atoms with Gasteiger partial charge < -0.3 is 0 Å². The second kappa shape index (κ2) is 4.67. The van der Waals surface area contributed by atoms with E-state index in [0.717, 1.165) is 0 Å². The molecule has 0 fully saturated rings. The molecule has 1 rings (SSSR count). The summed E-state index contributed by atoms with van der Waals surface area (Å²) in [6, 6.07) is -0.485. The van der Waals surface area contributed by atoms with Crippen LogP contribution in [-0.4, -0.2) is 45.7 Å². The van der Waals surface area contributed by atoms with Crippen LogP contribution in [0.4, 0.5) is 0 Å². The Balaban J connectivity index is 2.93. The van der Waals surface area contributed by atoms with Crippen LogP contribution < -0.4 is 11.3 Å². The number of hydrogen-bond donors (Lipinski definition) is 2. The van der Waals surface area contributed by atoms with Gasteiger partial charge in [0.1, 0.15) is 0 Å². The molecule has 1 unspecified atom stereocenters. The summed E-state index contributed by atoms with van der Waals surface area (Å²) in [7, 11) is -1.61. The predicted octanol–water partition coefficient (Wildman–Crippen LogP) is -1.59. The summed E-state index contributed by atoms with van der Waals surface area (Å²) in [6.45, 7) is 3.23. The topological polar surface area (TPSA) is 116 Å². The van der Waals surface area contributed by atoms with Crippen LogP contribution in [0.15, 0.2) is 0 Å². The normalized spacial score (nSPS) is 14.9. The highest BCUT2D eigenvalue weighted by Gasteiger charge is 2.39. The first-order chi connectivity index (χ1) is 7.68. The molecule has 1 aromatic rings. The average molecular weight is 262 g/mol. The van der Waals surface area contributed by atoms with Gasteiger partial charge in [0, 0.05) is 18.7 Å². The second-order valence-electron chi connectivity index (χ2n) is 4.49. The molecule has 8 nitrogen and oxygen atoms in total. The Bertz CT molecular complexity index is 480. The number of aromatic nitrogens is 4. The third-order valence-electron chi connectivity index (χ3n) is 2.93. The molecule has 0 saturated carbocycles. The van der Waals surface area contributed by atoms with Crippen LogP contribution in [0.25, 0.3) is 0 Å². The summed E-state index contributed by atoms with van der Waals surface area (Å²) in [5, 5.41) is 11.5. The Morgan fingerprint density at radius 2 is 2.12 bits per heavy atom. The Morgan fingerprint density at radius 3 is 2.47 bits per heavy atom. The summed E-state index contributed by atoms with van der Waals surface area (Å²) in [6.07, 6.45) is 1.48. The molecule has 0 aliphatic carbocycles. The van der Waals surface area contributed by atoms with Gasteiger partial charge in [-0.2, -0.15) is 4.80 Å². The van der Waals surface area contributed by atoms with Gasteiger partial charge in [-0.25, -0.2) is 8.42 Å². The minimum absolute atomic E-state index is 0.296. The quantitative estimate of drug-likeness (QED) is 0.485. The van der Waals surface area contributed by atoms with Gasteiger partial charge in [-0.1, -0.05) is 0 Å². The van der Waals surface area contributed by atoms with Gasteiger partial charge in [0.25, 0.3) is 0 Å². The van der Waals surface area contributed by atoms with E-state index in [4.69, 9.17) is 5.84 Å². The molecule has 3 N–H and O–H groups in total. The van der Waals surface area contributed by atoms with Gasteiger partial charge in [-0.05, 0) is 19.1 Å². The van der Waals surface area contributed by atoms with E-state index in [0.29, 0.717) is 12.2 Å².